The number of non-ortho nitro benzene ring substituents is 1. The third-order valence-corrected chi connectivity index (χ3v) is 3.81. The monoisotopic (exact) mass is 393 g/mol. The van der Waals surface area contributed by atoms with E-state index in [1.807, 2.05) is 6.92 Å². The number of nitrogens with zero attached hydrogens (tertiary/aromatic N) is 2. The molecule has 9 heteroatoms. The van der Waals surface area contributed by atoms with Crippen molar-refractivity contribution in [1.82, 2.24) is 5.43 Å². The predicted octanol–water partition coefficient (Wildman–Crippen LogP) is 3.48. The number of ether oxygens (including phenoxy) is 1. The van der Waals surface area contributed by atoms with Crippen LogP contribution in [0.4, 0.5) is 5.69 Å². The molecular formula is C20H15N3O6. The first-order chi connectivity index (χ1) is 13.9. The van der Waals surface area contributed by atoms with Gasteiger partial charge in [-0.05, 0) is 37.3 Å². The fraction of sp³-hybridized carbons (Fsp3) is 0.0500. The number of carbonyl (C=O) groups is 2. The number of nitro groups is 1. The number of aryl methyl sites for hydroxylation is 1. The lowest BCUT2D eigenvalue weighted by Gasteiger charge is -2.08. The number of rotatable bonds is 6. The minimum atomic E-state index is -0.631. The zero-order valence-electron chi connectivity index (χ0n) is 15.2. The molecule has 1 N–H and O–H groups in total. The second-order valence-corrected chi connectivity index (χ2v) is 5.91. The Labute approximate surface area is 164 Å². The molecule has 9 nitrogen and oxygen atoms in total. The third-order valence-electron chi connectivity index (χ3n) is 3.81. The zero-order valence-corrected chi connectivity index (χ0v) is 15.2. The predicted molar refractivity (Wildman–Crippen MR) is 103 cm³/mol. The molecule has 0 unspecified atom stereocenters. The Morgan fingerprint density at radius 3 is 2.59 bits per heavy atom. The number of amides is 1. The van der Waals surface area contributed by atoms with Gasteiger partial charge in [0.05, 0.1) is 23.0 Å². The highest BCUT2D eigenvalue weighted by molar-refractivity contribution is 5.95. The van der Waals surface area contributed by atoms with Crippen molar-refractivity contribution >= 4 is 23.8 Å². The van der Waals surface area contributed by atoms with E-state index in [1.54, 1.807) is 30.3 Å². The largest absolute Gasteiger partial charge is 0.459 e. The van der Waals surface area contributed by atoms with Gasteiger partial charge in [-0.2, -0.15) is 5.10 Å². The van der Waals surface area contributed by atoms with Crippen LogP contribution in [0.15, 0.2) is 70.4 Å². The average molecular weight is 393 g/mol. The Kier molecular flexibility index (Phi) is 5.79. The summed E-state index contributed by atoms with van der Waals surface area (Å²) in [6.07, 6.45) is 2.48. The van der Waals surface area contributed by atoms with Gasteiger partial charge in [-0.15, -0.1) is 0 Å². The lowest BCUT2D eigenvalue weighted by Crippen LogP contribution is -2.17. The first kappa shape index (κ1) is 19.5. The molecule has 0 fully saturated rings. The summed E-state index contributed by atoms with van der Waals surface area (Å²) >= 11 is 0. The lowest BCUT2D eigenvalue weighted by molar-refractivity contribution is -0.384. The van der Waals surface area contributed by atoms with Crippen molar-refractivity contribution in [3.05, 3.63) is 93.4 Å². The minimum absolute atomic E-state index is 0.0483. The first-order valence-corrected chi connectivity index (χ1v) is 8.38. The highest BCUT2D eigenvalue weighted by atomic mass is 16.6. The fourth-order valence-electron chi connectivity index (χ4n) is 2.31. The van der Waals surface area contributed by atoms with Crippen LogP contribution in [0.1, 0.15) is 32.0 Å². The molecule has 0 spiro atoms. The molecule has 0 aliphatic heterocycles. The quantitative estimate of drug-likeness (QED) is 0.225. The Morgan fingerprint density at radius 1 is 1.17 bits per heavy atom. The minimum Gasteiger partial charge on any atom is -0.459 e. The number of nitro benzene ring substituents is 1. The van der Waals surface area contributed by atoms with Crippen LogP contribution >= 0.6 is 0 Å². The number of hydrogen-bond donors (Lipinski definition) is 1. The number of nitrogens with one attached hydrogen (secondary N) is 1. The molecule has 0 atom stereocenters. The molecule has 0 saturated heterocycles. The summed E-state index contributed by atoms with van der Waals surface area (Å²) in [6, 6.07) is 13.4. The van der Waals surface area contributed by atoms with E-state index in [0.29, 0.717) is 5.56 Å². The highest BCUT2D eigenvalue weighted by Gasteiger charge is 2.15. The smallest absolute Gasteiger partial charge is 0.343 e. The second-order valence-electron chi connectivity index (χ2n) is 5.91. The van der Waals surface area contributed by atoms with Crippen molar-refractivity contribution < 1.29 is 23.7 Å². The van der Waals surface area contributed by atoms with E-state index >= 15 is 0 Å². The Hall–Kier alpha value is -4.27. The van der Waals surface area contributed by atoms with Crippen LogP contribution in [0.3, 0.4) is 0 Å². The van der Waals surface area contributed by atoms with Crippen LogP contribution in [0.25, 0.3) is 0 Å². The molecule has 0 aliphatic rings. The molecule has 0 radical (unpaired) electrons. The van der Waals surface area contributed by atoms with Gasteiger partial charge in [0.15, 0.2) is 5.76 Å². The molecule has 1 aromatic heterocycles. The van der Waals surface area contributed by atoms with Gasteiger partial charge in [-0.3, -0.25) is 14.9 Å². The van der Waals surface area contributed by atoms with E-state index in [0.717, 1.165) is 11.8 Å². The normalized spacial score (nSPS) is 10.7. The molecule has 146 valence electrons. The Bertz CT molecular complexity index is 1070. The second kappa shape index (κ2) is 8.61. The third kappa shape index (κ3) is 4.92. The van der Waals surface area contributed by atoms with Crippen molar-refractivity contribution in [2.45, 2.75) is 6.92 Å². The maximum absolute atomic E-state index is 12.4. The molecule has 0 bridgehead atoms. The summed E-state index contributed by atoms with van der Waals surface area (Å²) in [6.45, 7) is 1.89. The molecule has 0 saturated carbocycles. The van der Waals surface area contributed by atoms with Crippen LogP contribution in [-0.2, 0) is 0 Å². The van der Waals surface area contributed by atoms with Gasteiger partial charge in [0.1, 0.15) is 5.75 Å². The van der Waals surface area contributed by atoms with Crippen LogP contribution in [-0.4, -0.2) is 23.0 Å². The summed E-state index contributed by atoms with van der Waals surface area (Å²) in [4.78, 5) is 34.6. The summed E-state index contributed by atoms with van der Waals surface area (Å²) in [5.41, 5.74) is 3.45. The van der Waals surface area contributed by atoms with Crippen LogP contribution in [0.2, 0.25) is 0 Å². The van der Waals surface area contributed by atoms with Gasteiger partial charge >= 0.3 is 11.9 Å². The molecule has 1 amide bonds. The molecule has 3 rings (SSSR count). The van der Waals surface area contributed by atoms with Crippen molar-refractivity contribution in [2.75, 3.05) is 0 Å². The van der Waals surface area contributed by atoms with E-state index in [9.17, 15) is 19.7 Å². The zero-order chi connectivity index (χ0) is 20.8. The Balaban J connectivity index is 1.81. The van der Waals surface area contributed by atoms with E-state index < -0.39 is 16.8 Å². The van der Waals surface area contributed by atoms with E-state index in [2.05, 4.69) is 10.5 Å². The van der Waals surface area contributed by atoms with Crippen LogP contribution < -0.4 is 10.2 Å². The van der Waals surface area contributed by atoms with Crippen molar-refractivity contribution in [2.24, 2.45) is 5.10 Å². The molecule has 2 aromatic carbocycles. The molecule has 0 aliphatic carbocycles. The lowest BCUT2D eigenvalue weighted by atomic mass is 10.1. The number of carbonyl (C=O) groups excluding carboxylic acids is 2. The number of hydrazone groups is 1. The highest BCUT2D eigenvalue weighted by Crippen LogP contribution is 2.24. The standard InChI is InChI=1S/C20H15N3O6/c1-13-4-6-14(7-5-13)20(25)29-17-9-8-16(23(26)27)11-15(17)12-21-22-19(24)18-3-2-10-28-18/h2-12H,1H3,(H,22,24)/b21-12+. The van der Waals surface area contributed by atoms with Gasteiger partial charge in [0.25, 0.3) is 5.69 Å². The molecule has 29 heavy (non-hydrogen) atoms. The van der Waals surface area contributed by atoms with Crippen molar-refractivity contribution in [3.8, 4) is 5.75 Å². The van der Waals surface area contributed by atoms with Crippen LogP contribution in [0, 0.1) is 17.0 Å². The molecule has 3 aromatic rings. The number of benzene rings is 2. The maximum atomic E-state index is 12.4. The van der Waals surface area contributed by atoms with Gasteiger partial charge in [0.2, 0.25) is 0 Å². The van der Waals surface area contributed by atoms with Gasteiger partial charge < -0.3 is 9.15 Å². The first-order valence-electron chi connectivity index (χ1n) is 8.38. The molecular weight excluding hydrogens is 378 g/mol. The summed E-state index contributed by atoms with van der Waals surface area (Å²) < 4.78 is 10.3. The average Bonchev–Trinajstić information content (AvgIpc) is 3.24. The fourth-order valence-corrected chi connectivity index (χ4v) is 2.31. The maximum Gasteiger partial charge on any atom is 0.343 e. The Morgan fingerprint density at radius 2 is 1.93 bits per heavy atom. The SMILES string of the molecule is Cc1ccc(C(=O)Oc2ccc([N+](=O)[O-])cc2/C=N/NC(=O)c2ccco2)cc1. The van der Waals surface area contributed by atoms with Crippen molar-refractivity contribution in [3.63, 3.8) is 0 Å². The number of hydrogen-bond acceptors (Lipinski definition) is 7. The van der Waals surface area contributed by atoms with E-state index in [4.69, 9.17) is 9.15 Å². The summed E-state index contributed by atoms with van der Waals surface area (Å²) in [7, 11) is 0. The molecule has 1 heterocycles. The van der Waals surface area contributed by atoms with Gasteiger partial charge in [0, 0.05) is 17.7 Å². The summed E-state index contributed by atoms with van der Waals surface area (Å²) in [5.74, 6) is -1.13. The van der Waals surface area contributed by atoms with Crippen molar-refractivity contribution in [1.29, 1.82) is 0 Å². The van der Waals surface area contributed by atoms with E-state index in [-0.39, 0.29) is 22.8 Å². The number of esters is 1. The van der Waals surface area contributed by atoms with Crippen LogP contribution in [0.5, 0.6) is 5.75 Å². The topological polar surface area (TPSA) is 124 Å². The van der Waals surface area contributed by atoms with E-state index in [1.165, 1.54) is 30.5 Å². The number of furan rings is 1. The summed E-state index contributed by atoms with van der Waals surface area (Å²) in [5, 5.41) is 14.8. The van der Waals surface area contributed by atoms with Gasteiger partial charge in [-0.25, -0.2) is 10.2 Å². The van der Waals surface area contributed by atoms with Gasteiger partial charge in [-0.1, -0.05) is 17.7 Å².